The third-order valence-corrected chi connectivity index (χ3v) is 5.30. The van der Waals surface area contributed by atoms with E-state index in [1.807, 2.05) is 67.6 Å². The van der Waals surface area contributed by atoms with Crippen LogP contribution in [-0.2, 0) is 16.0 Å². The number of carbonyl (C=O) groups is 1. The maximum atomic E-state index is 12.8. The van der Waals surface area contributed by atoms with Crippen molar-refractivity contribution >= 4 is 5.91 Å². The molecule has 2 rings (SSSR count). The predicted molar refractivity (Wildman–Crippen MR) is 131 cm³/mol. The second kappa shape index (κ2) is 13.2. The number of ether oxygens (including phenoxy) is 2. The largest absolute Gasteiger partial charge is 0.497 e. The molecule has 0 aliphatic carbocycles. The van der Waals surface area contributed by atoms with Crippen LogP contribution in [0, 0.1) is 0 Å². The molecule has 0 fully saturated rings. The molecule has 0 bridgehead atoms. The van der Waals surface area contributed by atoms with Gasteiger partial charge in [-0.2, -0.15) is 0 Å². The zero-order valence-electron chi connectivity index (χ0n) is 19.4. The van der Waals surface area contributed by atoms with Crippen LogP contribution in [0.25, 0.3) is 0 Å². The van der Waals surface area contributed by atoms with Crippen molar-refractivity contribution in [2.24, 2.45) is 0 Å². The first-order valence-corrected chi connectivity index (χ1v) is 10.8. The van der Waals surface area contributed by atoms with Gasteiger partial charge in [0.15, 0.2) is 0 Å². The minimum Gasteiger partial charge on any atom is -0.497 e. The number of benzene rings is 2. The average molecular weight is 435 g/mol. The Bertz CT molecular complexity index is 918. The molecule has 0 radical (unpaired) electrons. The first-order chi connectivity index (χ1) is 15.5. The molecule has 0 saturated carbocycles. The third kappa shape index (κ3) is 7.13. The zero-order valence-corrected chi connectivity index (χ0v) is 19.4. The lowest BCUT2D eigenvalue weighted by atomic mass is 9.95. The second-order valence-corrected chi connectivity index (χ2v) is 7.34. The van der Waals surface area contributed by atoms with Crippen molar-refractivity contribution in [3.63, 3.8) is 0 Å². The van der Waals surface area contributed by atoms with Crippen LogP contribution in [0.1, 0.15) is 30.5 Å². The minimum atomic E-state index is -0.513. The van der Waals surface area contributed by atoms with Gasteiger partial charge < -0.3 is 14.8 Å². The molecule has 0 aliphatic rings. The van der Waals surface area contributed by atoms with Crippen molar-refractivity contribution in [1.29, 1.82) is 0 Å². The number of carbonyl (C=O) groups excluding carboxylic acids is 1. The van der Waals surface area contributed by atoms with Gasteiger partial charge in [-0.1, -0.05) is 67.3 Å². The number of hydrogen-bond acceptors (Lipinski definition) is 4. The molecular formula is C27H34N2O3. The SMILES string of the molecule is C=C(OC)/C(=C\C=C/C)[C@H](CCc1ccc(OC)cc1)NC(C(=O)NC)c1ccccc1. The summed E-state index contributed by atoms with van der Waals surface area (Å²) in [5, 5.41) is 6.34. The Morgan fingerprint density at radius 2 is 1.78 bits per heavy atom. The topological polar surface area (TPSA) is 59.6 Å². The number of methoxy groups -OCH3 is 2. The van der Waals surface area contributed by atoms with Crippen LogP contribution < -0.4 is 15.4 Å². The van der Waals surface area contributed by atoms with Gasteiger partial charge in [-0.05, 0) is 43.0 Å². The van der Waals surface area contributed by atoms with Crippen LogP contribution in [-0.4, -0.2) is 33.2 Å². The summed E-state index contributed by atoms with van der Waals surface area (Å²) in [5.74, 6) is 1.30. The van der Waals surface area contributed by atoms with Gasteiger partial charge in [-0.15, -0.1) is 0 Å². The van der Waals surface area contributed by atoms with Crippen molar-refractivity contribution in [2.45, 2.75) is 31.8 Å². The van der Waals surface area contributed by atoms with Gasteiger partial charge >= 0.3 is 0 Å². The molecule has 0 aliphatic heterocycles. The summed E-state index contributed by atoms with van der Waals surface area (Å²) in [5.41, 5.74) is 2.99. The molecule has 0 aromatic heterocycles. The number of allylic oxidation sites excluding steroid dienone is 3. The van der Waals surface area contributed by atoms with Gasteiger partial charge in [0, 0.05) is 18.7 Å². The number of nitrogens with one attached hydrogen (secondary N) is 2. The molecule has 170 valence electrons. The lowest BCUT2D eigenvalue weighted by Crippen LogP contribution is -2.42. The van der Waals surface area contributed by atoms with E-state index < -0.39 is 6.04 Å². The first-order valence-electron chi connectivity index (χ1n) is 10.8. The number of rotatable bonds is 12. The van der Waals surface area contributed by atoms with Crippen molar-refractivity contribution in [3.8, 4) is 5.75 Å². The molecule has 1 amide bonds. The normalized spacial score (nSPS) is 13.4. The van der Waals surface area contributed by atoms with Gasteiger partial charge in [0.1, 0.15) is 17.6 Å². The molecule has 0 saturated heterocycles. The number of aryl methyl sites for hydroxylation is 1. The molecular weight excluding hydrogens is 400 g/mol. The van der Waals surface area contributed by atoms with Gasteiger partial charge in [-0.3, -0.25) is 10.1 Å². The number of hydrogen-bond donors (Lipinski definition) is 2. The Hall–Kier alpha value is -3.31. The molecule has 5 heteroatoms. The van der Waals surface area contributed by atoms with E-state index in [9.17, 15) is 4.79 Å². The van der Waals surface area contributed by atoms with E-state index >= 15 is 0 Å². The van der Waals surface area contributed by atoms with E-state index in [-0.39, 0.29) is 11.9 Å². The van der Waals surface area contributed by atoms with Crippen molar-refractivity contribution in [1.82, 2.24) is 10.6 Å². The highest BCUT2D eigenvalue weighted by atomic mass is 16.5. The Labute approximate surface area is 191 Å². The van der Waals surface area contributed by atoms with Crippen LogP contribution in [0.15, 0.2) is 90.7 Å². The van der Waals surface area contributed by atoms with Crippen LogP contribution in [0.5, 0.6) is 5.75 Å². The number of likely N-dealkylation sites (N-methyl/N-ethyl adjacent to an activating group) is 1. The van der Waals surface area contributed by atoms with E-state index in [1.54, 1.807) is 21.3 Å². The molecule has 2 aromatic rings. The maximum Gasteiger partial charge on any atom is 0.241 e. The molecule has 2 atom stereocenters. The lowest BCUT2D eigenvalue weighted by molar-refractivity contribution is -0.123. The van der Waals surface area contributed by atoms with Gasteiger partial charge in [0.05, 0.1) is 14.2 Å². The highest BCUT2D eigenvalue weighted by molar-refractivity contribution is 5.83. The Morgan fingerprint density at radius 1 is 1.09 bits per heavy atom. The Kier molecular flexibility index (Phi) is 10.3. The van der Waals surface area contributed by atoms with Gasteiger partial charge in [-0.25, -0.2) is 0 Å². The highest BCUT2D eigenvalue weighted by Gasteiger charge is 2.26. The average Bonchev–Trinajstić information content (AvgIpc) is 2.85. The van der Waals surface area contributed by atoms with E-state index in [2.05, 4.69) is 29.3 Å². The molecule has 1 unspecified atom stereocenters. The summed E-state index contributed by atoms with van der Waals surface area (Å²) in [7, 11) is 4.92. The van der Waals surface area contributed by atoms with Gasteiger partial charge in [0.2, 0.25) is 5.91 Å². The fraction of sp³-hybridized carbons (Fsp3) is 0.296. The number of amides is 1. The quantitative estimate of drug-likeness (QED) is 0.374. The van der Waals surface area contributed by atoms with E-state index in [4.69, 9.17) is 9.47 Å². The molecule has 0 spiro atoms. The summed E-state index contributed by atoms with van der Waals surface area (Å²) in [4.78, 5) is 12.8. The van der Waals surface area contributed by atoms with Gasteiger partial charge in [0.25, 0.3) is 0 Å². The van der Waals surface area contributed by atoms with Crippen LogP contribution in [0.2, 0.25) is 0 Å². The molecule has 2 N–H and O–H groups in total. The smallest absolute Gasteiger partial charge is 0.241 e. The van der Waals surface area contributed by atoms with Crippen LogP contribution in [0.3, 0.4) is 0 Å². The van der Waals surface area contributed by atoms with Crippen LogP contribution >= 0.6 is 0 Å². The molecule has 0 heterocycles. The Balaban J connectivity index is 2.37. The summed E-state index contributed by atoms with van der Waals surface area (Å²) in [6.07, 6.45) is 7.46. The maximum absolute atomic E-state index is 12.8. The highest BCUT2D eigenvalue weighted by Crippen LogP contribution is 2.24. The summed E-state index contributed by atoms with van der Waals surface area (Å²) < 4.78 is 10.8. The minimum absolute atomic E-state index is 0.0981. The molecule has 2 aromatic carbocycles. The summed E-state index contributed by atoms with van der Waals surface area (Å²) in [6.45, 7) is 6.05. The monoisotopic (exact) mass is 434 g/mol. The third-order valence-electron chi connectivity index (χ3n) is 5.30. The van der Waals surface area contributed by atoms with E-state index in [1.165, 1.54) is 5.56 Å². The fourth-order valence-electron chi connectivity index (χ4n) is 3.47. The fourth-order valence-corrected chi connectivity index (χ4v) is 3.47. The lowest BCUT2D eigenvalue weighted by Gasteiger charge is -2.28. The van der Waals surface area contributed by atoms with E-state index in [0.29, 0.717) is 5.76 Å². The summed E-state index contributed by atoms with van der Waals surface area (Å²) in [6, 6.07) is 17.1. The Morgan fingerprint density at radius 3 is 2.34 bits per heavy atom. The van der Waals surface area contributed by atoms with Crippen LogP contribution in [0.4, 0.5) is 0 Å². The predicted octanol–water partition coefficient (Wildman–Crippen LogP) is 4.74. The van der Waals surface area contributed by atoms with Crippen molar-refractivity contribution < 1.29 is 14.3 Å². The van der Waals surface area contributed by atoms with E-state index in [0.717, 1.165) is 29.7 Å². The van der Waals surface area contributed by atoms with Crippen molar-refractivity contribution in [3.05, 3.63) is 102 Å². The summed E-state index contributed by atoms with van der Waals surface area (Å²) >= 11 is 0. The first kappa shape index (κ1) is 25.0. The zero-order chi connectivity index (χ0) is 23.3. The molecule has 32 heavy (non-hydrogen) atoms. The second-order valence-electron chi connectivity index (χ2n) is 7.34. The van der Waals surface area contributed by atoms with Crippen molar-refractivity contribution in [2.75, 3.05) is 21.3 Å². The molecule has 5 nitrogen and oxygen atoms in total. The standard InChI is InChI=1S/C27H34N2O3/c1-6-7-13-24(20(2)31-4)25(19-16-21-14-17-23(32-5)18-15-21)29-26(27(30)28-3)22-11-9-8-10-12-22/h6-15,17-18,25-26,29H,2,16,19H2,1,3-5H3,(H,28,30)/b7-6-,24-13+/t25-,26?/m0/s1.